The van der Waals surface area contributed by atoms with E-state index in [1.54, 1.807) is 39.1 Å². The van der Waals surface area contributed by atoms with Gasteiger partial charge in [0.15, 0.2) is 9.84 Å². The number of aryl methyl sites for hydroxylation is 1. The third-order valence-corrected chi connectivity index (χ3v) is 10.9. The number of nitrogens with one attached hydrogen (secondary N) is 2. The minimum Gasteiger partial charge on any atom is -0.391 e. The molecule has 0 radical (unpaired) electrons. The zero-order valence-corrected chi connectivity index (χ0v) is 26.2. The third-order valence-electron chi connectivity index (χ3n) is 7.96. The van der Waals surface area contributed by atoms with Crippen LogP contribution >= 0.6 is 11.3 Å². The predicted molar refractivity (Wildman–Crippen MR) is 163 cm³/mol. The minimum atomic E-state index is -3.92. The number of sulfone groups is 1. The van der Waals surface area contributed by atoms with Crippen molar-refractivity contribution in [1.29, 1.82) is 0 Å². The molecular weight excluding hydrogens is 588 g/mol. The quantitative estimate of drug-likeness (QED) is 0.366. The fourth-order valence-electron chi connectivity index (χ4n) is 5.64. The SMILES string of the molecule is Cc1ccc2c(c1)CC(C(=O)N[C@H](C(=O)N1C[C@H](O)C[C@H]1C(=O)NCc1ccc(-c3nccs3)cc1)C(C)(C)C)S2(=O)=O. The molecule has 228 valence electrons. The molecule has 3 amide bonds. The highest BCUT2D eigenvalue weighted by Gasteiger charge is 2.47. The van der Waals surface area contributed by atoms with Crippen LogP contribution in [0.25, 0.3) is 10.6 Å². The summed E-state index contributed by atoms with van der Waals surface area (Å²) in [6, 6.07) is 10.5. The normalized spacial score (nSPS) is 21.7. The maximum Gasteiger partial charge on any atom is 0.246 e. The van der Waals surface area contributed by atoms with Crippen molar-refractivity contribution in [3.8, 4) is 10.6 Å². The number of rotatable bonds is 7. The Bertz CT molecular complexity index is 1630. The lowest BCUT2D eigenvalue weighted by Crippen LogP contribution is -2.59. The van der Waals surface area contributed by atoms with Gasteiger partial charge in [-0.05, 0) is 36.0 Å². The second kappa shape index (κ2) is 11.8. The first-order valence-electron chi connectivity index (χ1n) is 14.1. The van der Waals surface area contributed by atoms with Crippen LogP contribution in [0.2, 0.25) is 0 Å². The van der Waals surface area contributed by atoms with Crippen molar-refractivity contribution in [2.75, 3.05) is 6.54 Å². The number of carbonyl (C=O) groups is 3. The molecule has 0 spiro atoms. The number of aromatic nitrogens is 1. The van der Waals surface area contributed by atoms with Crippen LogP contribution in [0.5, 0.6) is 0 Å². The summed E-state index contributed by atoms with van der Waals surface area (Å²) in [5.41, 5.74) is 2.49. The molecule has 4 atom stereocenters. The number of aliphatic hydroxyl groups excluding tert-OH is 1. The first-order chi connectivity index (χ1) is 20.3. The molecule has 2 aliphatic rings. The second-order valence-corrected chi connectivity index (χ2v) is 15.3. The highest BCUT2D eigenvalue weighted by atomic mass is 32.2. The number of hydrogen-bond donors (Lipinski definition) is 3. The molecule has 2 aliphatic heterocycles. The van der Waals surface area contributed by atoms with Gasteiger partial charge in [-0.1, -0.05) is 62.7 Å². The lowest BCUT2D eigenvalue weighted by molar-refractivity contribution is -0.144. The fraction of sp³-hybridized carbons (Fsp3) is 0.419. The molecule has 12 heteroatoms. The third kappa shape index (κ3) is 6.36. The van der Waals surface area contributed by atoms with Gasteiger partial charge in [0.25, 0.3) is 0 Å². The van der Waals surface area contributed by atoms with Crippen LogP contribution in [0.4, 0.5) is 0 Å². The molecule has 43 heavy (non-hydrogen) atoms. The number of thiazole rings is 1. The number of likely N-dealkylation sites (tertiary alicyclic amines) is 1. The van der Waals surface area contributed by atoms with Crippen molar-refractivity contribution in [1.82, 2.24) is 20.5 Å². The minimum absolute atomic E-state index is 0.0223. The van der Waals surface area contributed by atoms with Crippen molar-refractivity contribution in [3.63, 3.8) is 0 Å². The predicted octanol–water partition coefficient (Wildman–Crippen LogP) is 2.63. The van der Waals surface area contributed by atoms with Crippen LogP contribution < -0.4 is 10.6 Å². The molecule has 0 aliphatic carbocycles. The molecule has 2 aromatic carbocycles. The summed E-state index contributed by atoms with van der Waals surface area (Å²) in [5.74, 6) is -1.73. The molecule has 1 fully saturated rings. The van der Waals surface area contributed by atoms with Crippen molar-refractivity contribution >= 4 is 38.9 Å². The van der Waals surface area contributed by atoms with Gasteiger partial charge < -0.3 is 20.6 Å². The van der Waals surface area contributed by atoms with E-state index in [0.717, 1.165) is 21.7 Å². The highest BCUT2D eigenvalue weighted by molar-refractivity contribution is 7.93. The Kier molecular flexibility index (Phi) is 8.47. The Morgan fingerprint density at radius 3 is 2.49 bits per heavy atom. The summed E-state index contributed by atoms with van der Waals surface area (Å²) in [6.45, 7) is 7.28. The number of aliphatic hydroxyl groups is 1. The van der Waals surface area contributed by atoms with Crippen LogP contribution in [0.1, 0.15) is 43.9 Å². The Labute approximate surface area is 255 Å². The first-order valence-corrected chi connectivity index (χ1v) is 16.6. The van der Waals surface area contributed by atoms with Crippen molar-refractivity contribution in [2.45, 2.75) is 75.4 Å². The molecule has 0 saturated carbocycles. The number of carbonyl (C=O) groups excluding carboxylic acids is 3. The Hall–Kier alpha value is -3.61. The highest BCUT2D eigenvalue weighted by Crippen LogP contribution is 2.33. The largest absolute Gasteiger partial charge is 0.391 e. The summed E-state index contributed by atoms with van der Waals surface area (Å²) in [7, 11) is -3.92. The van der Waals surface area contributed by atoms with Gasteiger partial charge in [-0.2, -0.15) is 0 Å². The average Bonchev–Trinajstić information content (AvgIpc) is 3.68. The van der Waals surface area contributed by atoms with E-state index in [4.69, 9.17) is 0 Å². The van der Waals surface area contributed by atoms with E-state index in [0.29, 0.717) is 5.56 Å². The number of amides is 3. The molecule has 1 saturated heterocycles. The van der Waals surface area contributed by atoms with E-state index in [-0.39, 0.29) is 30.8 Å². The van der Waals surface area contributed by atoms with E-state index in [1.165, 1.54) is 22.3 Å². The molecule has 1 aromatic heterocycles. The van der Waals surface area contributed by atoms with Crippen molar-refractivity contribution < 1.29 is 27.9 Å². The molecule has 10 nitrogen and oxygen atoms in total. The van der Waals surface area contributed by atoms with Gasteiger partial charge in [-0.3, -0.25) is 14.4 Å². The maximum absolute atomic E-state index is 13.9. The summed E-state index contributed by atoms with van der Waals surface area (Å²) in [6.07, 6.45) is 0.899. The van der Waals surface area contributed by atoms with Crippen molar-refractivity contribution in [2.24, 2.45) is 5.41 Å². The smallest absolute Gasteiger partial charge is 0.246 e. The maximum atomic E-state index is 13.9. The number of fused-ring (bicyclic) bond motifs is 1. The van der Waals surface area contributed by atoms with Gasteiger partial charge in [-0.15, -0.1) is 11.3 Å². The molecule has 3 N–H and O–H groups in total. The zero-order valence-electron chi connectivity index (χ0n) is 24.5. The van der Waals surface area contributed by atoms with E-state index < -0.39 is 56.4 Å². The van der Waals surface area contributed by atoms with E-state index in [9.17, 15) is 27.9 Å². The molecule has 3 aromatic rings. The van der Waals surface area contributed by atoms with Crippen LogP contribution in [-0.4, -0.2) is 71.1 Å². The Morgan fingerprint density at radius 1 is 1.12 bits per heavy atom. The van der Waals surface area contributed by atoms with Crippen LogP contribution in [0, 0.1) is 12.3 Å². The van der Waals surface area contributed by atoms with Crippen LogP contribution in [0.15, 0.2) is 58.9 Å². The molecule has 1 unspecified atom stereocenters. The number of β-amino-alcohol motifs (C(OH)–C–C–N with tert-alkyl or cyclic N) is 1. The van der Waals surface area contributed by atoms with Gasteiger partial charge in [0, 0.05) is 36.7 Å². The fourth-order valence-corrected chi connectivity index (χ4v) is 8.10. The number of nitrogens with zero attached hydrogens (tertiary/aromatic N) is 2. The Balaban J connectivity index is 1.28. The summed E-state index contributed by atoms with van der Waals surface area (Å²) in [5, 5.41) is 17.5. The van der Waals surface area contributed by atoms with E-state index in [2.05, 4.69) is 15.6 Å². The first kappa shape index (κ1) is 30.8. The van der Waals surface area contributed by atoms with Gasteiger partial charge in [-0.25, -0.2) is 13.4 Å². The standard InChI is InChI=1S/C31H36N4O6S2/c1-18-5-10-24-21(13-18)14-25(43(24,40)41)28(38)34-26(31(2,3)4)30(39)35-17-22(36)15-23(35)27(37)33-16-19-6-8-20(9-7-19)29-32-11-12-42-29/h5-13,22-23,25-26,36H,14-17H2,1-4H3,(H,33,37)(H,34,38)/t22-,23+,25?,26-/m1/s1. The van der Waals surface area contributed by atoms with Gasteiger partial charge in [0.2, 0.25) is 17.7 Å². The average molecular weight is 625 g/mol. The molecule has 0 bridgehead atoms. The Morgan fingerprint density at radius 2 is 1.84 bits per heavy atom. The lowest BCUT2D eigenvalue weighted by atomic mass is 9.85. The number of benzene rings is 2. The summed E-state index contributed by atoms with van der Waals surface area (Å²) < 4.78 is 26.4. The topological polar surface area (TPSA) is 146 Å². The van der Waals surface area contributed by atoms with Gasteiger partial charge in [0.05, 0.1) is 11.0 Å². The monoisotopic (exact) mass is 624 g/mol. The van der Waals surface area contributed by atoms with Crippen molar-refractivity contribution in [3.05, 3.63) is 70.7 Å². The van der Waals surface area contributed by atoms with Gasteiger partial charge in [0.1, 0.15) is 22.3 Å². The molecular formula is C31H36N4O6S2. The lowest BCUT2D eigenvalue weighted by Gasteiger charge is -2.35. The second-order valence-electron chi connectivity index (χ2n) is 12.3. The molecule has 5 rings (SSSR count). The number of hydrogen-bond acceptors (Lipinski definition) is 8. The van der Waals surface area contributed by atoms with E-state index in [1.807, 2.05) is 36.6 Å². The van der Waals surface area contributed by atoms with E-state index >= 15 is 0 Å². The summed E-state index contributed by atoms with van der Waals surface area (Å²) in [4.78, 5) is 46.4. The summed E-state index contributed by atoms with van der Waals surface area (Å²) >= 11 is 1.53. The van der Waals surface area contributed by atoms with Crippen LogP contribution in [-0.2, 0) is 37.2 Å². The van der Waals surface area contributed by atoms with Gasteiger partial charge >= 0.3 is 0 Å². The molecule has 3 heterocycles. The zero-order chi connectivity index (χ0) is 31.1. The van der Waals surface area contributed by atoms with Crippen LogP contribution in [0.3, 0.4) is 0 Å².